The van der Waals surface area contributed by atoms with Crippen LogP contribution in [0.25, 0.3) is 0 Å². The maximum absolute atomic E-state index is 11.8. The van der Waals surface area contributed by atoms with Gasteiger partial charge < -0.3 is 0 Å². The number of halogens is 2. The Kier molecular flexibility index (Phi) is 1.92. The fourth-order valence-electron chi connectivity index (χ4n) is 0.438. The highest BCUT2D eigenvalue weighted by atomic mass is 32.1. The summed E-state index contributed by atoms with van der Waals surface area (Å²) in [5.74, 6) is 0. The van der Waals surface area contributed by atoms with E-state index in [9.17, 15) is 8.78 Å². The third-order valence-corrected chi connectivity index (χ3v) is 1.61. The molecule has 0 fully saturated rings. The fraction of sp³-hybridized carbons (Fsp3) is 0.200. The second-order valence-corrected chi connectivity index (χ2v) is 2.35. The SMILES string of the molecule is N#Cc1nc(C(F)F)cs1. The van der Waals surface area contributed by atoms with E-state index in [1.807, 2.05) is 0 Å². The average molecular weight is 160 g/mol. The lowest BCUT2D eigenvalue weighted by atomic mass is 10.5. The molecule has 0 aromatic carbocycles. The first kappa shape index (κ1) is 7.09. The molecule has 0 unspecified atom stereocenters. The molecule has 0 amide bonds. The lowest BCUT2D eigenvalue weighted by Crippen LogP contribution is -1.82. The van der Waals surface area contributed by atoms with Crippen LogP contribution < -0.4 is 0 Å². The van der Waals surface area contributed by atoms with E-state index in [1.54, 1.807) is 6.07 Å². The molecule has 0 bridgehead atoms. The molecule has 0 N–H and O–H groups in total. The molecular weight excluding hydrogens is 158 g/mol. The topological polar surface area (TPSA) is 36.7 Å². The quantitative estimate of drug-likeness (QED) is 0.629. The number of hydrogen-bond donors (Lipinski definition) is 0. The van der Waals surface area contributed by atoms with Gasteiger partial charge in [-0.1, -0.05) is 0 Å². The molecule has 1 rings (SSSR count). The number of hydrogen-bond acceptors (Lipinski definition) is 3. The number of thiazole rings is 1. The molecule has 0 spiro atoms. The van der Waals surface area contributed by atoms with Crippen molar-refractivity contribution < 1.29 is 8.78 Å². The summed E-state index contributed by atoms with van der Waals surface area (Å²) in [6.07, 6.45) is -2.57. The van der Waals surface area contributed by atoms with Crippen LogP contribution in [0, 0.1) is 11.3 Å². The van der Waals surface area contributed by atoms with E-state index in [0.29, 0.717) is 0 Å². The molecule has 0 radical (unpaired) electrons. The van der Waals surface area contributed by atoms with E-state index in [1.165, 1.54) is 5.38 Å². The van der Waals surface area contributed by atoms with E-state index >= 15 is 0 Å². The Hall–Kier alpha value is -1.02. The molecule has 2 nitrogen and oxygen atoms in total. The van der Waals surface area contributed by atoms with E-state index < -0.39 is 6.43 Å². The van der Waals surface area contributed by atoms with Crippen molar-refractivity contribution in [3.63, 3.8) is 0 Å². The largest absolute Gasteiger partial charge is 0.281 e. The first-order chi connectivity index (χ1) is 4.74. The summed E-state index contributed by atoms with van der Waals surface area (Å²) >= 11 is 0.926. The highest BCUT2D eigenvalue weighted by molar-refractivity contribution is 7.10. The second-order valence-electron chi connectivity index (χ2n) is 1.49. The van der Waals surface area contributed by atoms with Crippen molar-refractivity contribution in [2.45, 2.75) is 6.43 Å². The second kappa shape index (κ2) is 2.71. The first-order valence-electron chi connectivity index (χ1n) is 2.37. The van der Waals surface area contributed by atoms with Gasteiger partial charge in [-0.15, -0.1) is 11.3 Å². The third kappa shape index (κ3) is 1.28. The minimum atomic E-state index is -2.57. The lowest BCUT2D eigenvalue weighted by molar-refractivity contribution is 0.147. The number of aromatic nitrogens is 1. The summed E-state index contributed by atoms with van der Waals surface area (Å²) in [4.78, 5) is 3.34. The van der Waals surface area contributed by atoms with Crippen molar-refractivity contribution in [3.8, 4) is 6.07 Å². The number of rotatable bonds is 1. The average Bonchev–Trinajstić information content (AvgIpc) is 2.34. The summed E-state index contributed by atoms with van der Waals surface area (Å²) in [5, 5.41) is 9.45. The first-order valence-corrected chi connectivity index (χ1v) is 3.25. The van der Waals surface area contributed by atoms with Gasteiger partial charge >= 0.3 is 0 Å². The van der Waals surface area contributed by atoms with E-state index in [2.05, 4.69) is 4.98 Å². The summed E-state index contributed by atoms with van der Waals surface area (Å²) in [6.45, 7) is 0. The van der Waals surface area contributed by atoms with Gasteiger partial charge in [-0.3, -0.25) is 0 Å². The molecule has 0 saturated heterocycles. The zero-order valence-electron chi connectivity index (χ0n) is 4.71. The number of alkyl halides is 2. The molecule has 1 heterocycles. The van der Waals surface area contributed by atoms with Gasteiger partial charge in [0.15, 0.2) is 5.01 Å². The van der Waals surface area contributed by atoms with Gasteiger partial charge in [0.05, 0.1) is 0 Å². The van der Waals surface area contributed by atoms with Crippen molar-refractivity contribution >= 4 is 11.3 Å². The van der Waals surface area contributed by atoms with Crippen LogP contribution in [0.3, 0.4) is 0 Å². The molecule has 0 aliphatic heterocycles. The zero-order valence-corrected chi connectivity index (χ0v) is 5.53. The molecule has 0 atom stereocenters. The van der Waals surface area contributed by atoms with Gasteiger partial charge in [-0.05, 0) is 0 Å². The molecule has 1 aromatic heterocycles. The van der Waals surface area contributed by atoms with Crippen molar-refractivity contribution in [2.75, 3.05) is 0 Å². The lowest BCUT2D eigenvalue weighted by Gasteiger charge is -1.86. The molecule has 0 saturated carbocycles. The third-order valence-electron chi connectivity index (χ3n) is 0.841. The van der Waals surface area contributed by atoms with Crippen LogP contribution in [0.1, 0.15) is 17.1 Å². The molecule has 52 valence electrons. The van der Waals surface area contributed by atoms with Crippen molar-refractivity contribution in [3.05, 3.63) is 16.1 Å². The Balaban J connectivity index is 2.91. The Morgan fingerprint density at radius 3 is 2.70 bits per heavy atom. The van der Waals surface area contributed by atoms with E-state index in [0.717, 1.165) is 11.3 Å². The van der Waals surface area contributed by atoms with Crippen LogP contribution in [-0.2, 0) is 0 Å². The predicted molar refractivity (Wildman–Crippen MR) is 31.8 cm³/mol. The smallest absolute Gasteiger partial charge is 0.225 e. The molecule has 0 aliphatic carbocycles. The van der Waals surface area contributed by atoms with Crippen molar-refractivity contribution in [1.29, 1.82) is 5.26 Å². The normalized spacial score (nSPS) is 9.80. The minimum Gasteiger partial charge on any atom is -0.225 e. The fourth-order valence-corrected chi connectivity index (χ4v) is 1.04. The van der Waals surface area contributed by atoms with E-state index in [4.69, 9.17) is 5.26 Å². The van der Waals surface area contributed by atoms with Crippen LogP contribution in [0.5, 0.6) is 0 Å². The summed E-state index contributed by atoms with van der Waals surface area (Å²) in [6, 6.07) is 1.68. The van der Waals surface area contributed by atoms with Crippen LogP contribution >= 0.6 is 11.3 Å². The van der Waals surface area contributed by atoms with Gasteiger partial charge in [0, 0.05) is 5.38 Å². The Bertz CT molecular complexity index is 263. The van der Waals surface area contributed by atoms with Crippen molar-refractivity contribution in [2.24, 2.45) is 0 Å². The number of nitrogens with zero attached hydrogens (tertiary/aromatic N) is 2. The Morgan fingerprint density at radius 1 is 1.70 bits per heavy atom. The molecule has 10 heavy (non-hydrogen) atoms. The molecule has 1 aromatic rings. The molecule has 5 heteroatoms. The standard InChI is InChI=1S/C5H2F2N2S/c6-5(7)3-2-10-4(1-8)9-3/h2,5H. The minimum absolute atomic E-state index is 0.0790. The van der Waals surface area contributed by atoms with Gasteiger partial charge in [0.25, 0.3) is 6.43 Å². The summed E-state index contributed by atoms with van der Waals surface area (Å²) in [5.41, 5.74) is -0.318. The Morgan fingerprint density at radius 2 is 2.40 bits per heavy atom. The maximum Gasteiger partial charge on any atom is 0.281 e. The van der Waals surface area contributed by atoms with Crippen LogP contribution in [-0.4, -0.2) is 4.98 Å². The predicted octanol–water partition coefficient (Wildman–Crippen LogP) is 1.95. The summed E-state index contributed by atoms with van der Waals surface area (Å²) < 4.78 is 23.5. The van der Waals surface area contributed by atoms with Gasteiger partial charge in [0.2, 0.25) is 0 Å². The monoisotopic (exact) mass is 160 g/mol. The van der Waals surface area contributed by atoms with Crippen molar-refractivity contribution in [1.82, 2.24) is 4.98 Å². The highest BCUT2D eigenvalue weighted by Gasteiger charge is 2.10. The van der Waals surface area contributed by atoms with Crippen LogP contribution in [0.4, 0.5) is 8.78 Å². The Labute approximate surface area is 59.7 Å². The van der Waals surface area contributed by atoms with Gasteiger partial charge in [-0.25, -0.2) is 13.8 Å². The van der Waals surface area contributed by atoms with Gasteiger partial charge in [-0.2, -0.15) is 5.26 Å². The maximum atomic E-state index is 11.8. The molecule has 0 aliphatic rings. The number of nitriles is 1. The highest BCUT2D eigenvalue weighted by Crippen LogP contribution is 2.19. The molecular formula is C5H2F2N2S. The zero-order chi connectivity index (χ0) is 7.56. The van der Waals surface area contributed by atoms with Gasteiger partial charge in [0.1, 0.15) is 11.8 Å². The van der Waals surface area contributed by atoms with Crippen LogP contribution in [0.15, 0.2) is 5.38 Å². The van der Waals surface area contributed by atoms with Crippen LogP contribution in [0.2, 0.25) is 0 Å². The van der Waals surface area contributed by atoms with E-state index in [-0.39, 0.29) is 10.7 Å². The summed E-state index contributed by atoms with van der Waals surface area (Å²) in [7, 11) is 0.